The van der Waals surface area contributed by atoms with Crippen LogP contribution in [0.2, 0.25) is 0 Å². The van der Waals surface area contributed by atoms with E-state index in [4.69, 9.17) is 5.73 Å². The second kappa shape index (κ2) is 3.67. The predicted molar refractivity (Wildman–Crippen MR) is 49.7 cm³/mol. The van der Waals surface area contributed by atoms with Crippen LogP contribution in [0.4, 0.5) is 5.88 Å². The molecule has 0 radical (unpaired) electrons. The molecule has 0 aliphatic carbocycles. The number of hydrogen-bond donors (Lipinski definition) is 2. The average molecular weight is 196 g/mol. The molecule has 0 bridgehead atoms. The first-order valence-electron chi connectivity index (χ1n) is 4.49. The summed E-state index contributed by atoms with van der Waals surface area (Å²) >= 11 is 0. The van der Waals surface area contributed by atoms with Crippen LogP contribution in [0, 0.1) is 0 Å². The van der Waals surface area contributed by atoms with Crippen LogP contribution in [-0.2, 0) is 0 Å². The maximum absolute atomic E-state index is 11.8. The Morgan fingerprint density at radius 1 is 1.57 bits per heavy atom. The van der Waals surface area contributed by atoms with Gasteiger partial charge in [0.25, 0.3) is 5.91 Å². The van der Waals surface area contributed by atoms with E-state index in [1.165, 1.54) is 6.20 Å². The molecule has 6 heteroatoms. The Kier molecular flexibility index (Phi) is 2.36. The fourth-order valence-corrected chi connectivity index (χ4v) is 1.45. The highest BCUT2D eigenvalue weighted by molar-refractivity contribution is 5.97. The Morgan fingerprint density at radius 2 is 2.29 bits per heavy atom. The van der Waals surface area contributed by atoms with Gasteiger partial charge in [-0.1, -0.05) is 5.16 Å². The normalized spacial score (nSPS) is 17.0. The quantitative estimate of drug-likeness (QED) is 0.620. The van der Waals surface area contributed by atoms with Crippen LogP contribution >= 0.6 is 0 Å². The van der Waals surface area contributed by atoms with E-state index in [0.717, 1.165) is 13.1 Å². The molecule has 2 heterocycles. The van der Waals surface area contributed by atoms with Crippen molar-refractivity contribution in [1.82, 2.24) is 15.4 Å². The lowest BCUT2D eigenvalue weighted by atomic mass is 10.2. The van der Waals surface area contributed by atoms with Crippen molar-refractivity contribution in [3.63, 3.8) is 0 Å². The molecule has 3 N–H and O–H groups in total. The van der Waals surface area contributed by atoms with Crippen LogP contribution in [0.15, 0.2) is 10.7 Å². The molecule has 0 saturated carbocycles. The Balaban J connectivity index is 2.11. The summed E-state index contributed by atoms with van der Waals surface area (Å²) in [5, 5.41) is 6.64. The standard InChI is InChI=1S/C8H12N4O2/c9-7-6(5-11-14-7)8(13)12-3-1-10-2-4-12/h5,10H,1-4,9H2. The number of aromatic nitrogens is 1. The summed E-state index contributed by atoms with van der Waals surface area (Å²) in [5.74, 6) is -0.0150. The van der Waals surface area contributed by atoms with Gasteiger partial charge < -0.3 is 20.5 Å². The van der Waals surface area contributed by atoms with Crippen molar-refractivity contribution in [2.45, 2.75) is 0 Å². The molecular weight excluding hydrogens is 184 g/mol. The van der Waals surface area contributed by atoms with Crippen LogP contribution in [0.5, 0.6) is 0 Å². The number of anilines is 1. The zero-order chi connectivity index (χ0) is 9.97. The fraction of sp³-hybridized carbons (Fsp3) is 0.500. The smallest absolute Gasteiger partial charge is 0.261 e. The number of hydrogen-bond acceptors (Lipinski definition) is 5. The second-order valence-corrected chi connectivity index (χ2v) is 3.15. The van der Waals surface area contributed by atoms with E-state index in [1.807, 2.05) is 0 Å². The zero-order valence-corrected chi connectivity index (χ0v) is 7.69. The minimum atomic E-state index is -0.106. The minimum absolute atomic E-state index is 0.0912. The number of nitrogen functional groups attached to an aromatic ring is 1. The number of amides is 1. The van der Waals surface area contributed by atoms with E-state index in [9.17, 15) is 4.79 Å². The molecule has 0 unspecified atom stereocenters. The third kappa shape index (κ3) is 1.56. The van der Waals surface area contributed by atoms with Crippen LogP contribution in [-0.4, -0.2) is 42.1 Å². The highest BCUT2D eigenvalue weighted by atomic mass is 16.5. The van der Waals surface area contributed by atoms with Crippen LogP contribution in [0.3, 0.4) is 0 Å². The van der Waals surface area contributed by atoms with Gasteiger partial charge in [-0.05, 0) is 0 Å². The third-order valence-corrected chi connectivity index (χ3v) is 2.23. The summed E-state index contributed by atoms with van der Waals surface area (Å²) in [7, 11) is 0. The van der Waals surface area contributed by atoms with Crippen LogP contribution < -0.4 is 11.1 Å². The summed E-state index contributed by atoms with van der Waals surface area (Å²) in [6.07, 6.45) is 1.36. The number of rotatable bonds is 1. The van der Waals surface area contributed by atoms with Crippen molar-refractivity contribution in [3.05, 3.63) is 11.8 Å². The molecule has 76 valence electrons. The summed E-state index contributed by atoms with van der Waals surface area (Å²) in [6, 6.07) is 0. The number of piperazine rings is 1. The summed E-state index contributed by atoms with van der Waals surface area (Å²) in [5.41, 5.74) is 5.81. The van der Waals surface area contributed by atoms with Crippen molar-refractivity contribution in [2.75, 3.05) is 31.9 Å². The molecule has 0 spiro atoms. The van der Waals surface area contributed by atoms with Gasteiger partial charge in [0.2, 0.25) is 5.88 Å². The molecule has 1 aromatic heterocycles. The lowest BCUT2D eigenvalue weighted by molar-refractivity contribution is 0.0736. The molecule has 2 rings (SSSR count). The maximum Gasteiger partial charge on any atom is 0.261 e. The predicted octanol–water partition coefficient (Wildman–Crippen LogP) is -0.698. The third-order valence-electron chi connectivity index (χ3n) is 2.23. The van der Waals surface area contributed by atoms with E-state index >= 15 is 0 Å². The second-order valence-electron chi connectivity index (χ2n) is 3.15. The summed E-state index contributed by atoms with van der Waals surface area (Å²) in [6.45, 7) is 3.03. The first-order valence-corrected chi connectivity index (χ1v) is 4.49. The molecular formula is C8H12N4O2. The molecule has 1 aliphatic rings. The van der Waals surface area contributed by atoms with E-state index in [1.54, 1.807) is 4.90 Å². The summed E-state index contributed by atoms with van der Waals surface area (Å²) in [4.78, 5) is 13.5. The van der Waals surface area contributed by atoms with Gasteiger partial charge in [-0.3, -0.25) is 4.79 Å². The lowest BCUT2D eigenvalue weighted by Crippen LogP contribution is -2.46. The van der Waals surface area contributed by atoms with Gasteiger partial charge in [0.15, 0.2) is 0 Å². The van der Waals surface area contributed by atoms with Crippen molar-refractivity contribution in [1.29, 1.82) is 0 Å². The van der Waals surface area contributed by atoms with Crippen molar-refractivity contribution >= 4 is 11.8 Å². The van der Waals surface area contributed by atoms with E-state index in [0.29, 0.717) is 18.7 Å². The molecule has 0 atom stereocenters. The summed E-state index contributed by atoms with van der Waals surface area (Å²) < 4.78 is 4.64. The number of carbonyl (C=O) groups is 1. The molecule has 1 fully saturated rings. The van der Waals surface area contributed by atoms with E-state index in [-0.39, 0.29) is 11.8 Å². The van der Waals surface area contributed by atoms with E-state index in [2.05, 4.69) is 15.0 Å². The Hall–Kier alpha value is -1.56. The SMILES string of the molecule is Nc1oncc1C(=O)N1CCNCC1. The van der Waals surface area contributed by atoms with Gasteiger partial charge in [-0.15, -0.1) is 0 Å². The first kappa shape index (κ1) is 9.01. The van der Waals surface area contributed by atoms with Crippen molar-refractivity contribution in [2.24, 2.45) is 0 Å². The number of nitrogens with two attached hydrogens (primary N) is 1. The zero-order valence-electron chi connectivity index (χ0n) is 7.69. The molecule has 1 amide bonds. The minimum Gasteiger partial charge on any atom is -0.367 e. The maximum atomic E-state index is 11.8. The van der Waals surface area contributed by atoms with Gasteiger partial charge in [0, 0.05) is 26.2 Å². The topological polar surface area (TPSA) is 84.4 Å². The molecule has 6 nitrogen and oxygen atoms in total. The fourth-order valence-electron chi connectivity index (χ4n) is 1.45. The Morgan fingerprint density at radius 3 is 2.86 bits per heavy atom. The van der Waals surface area contributed by atoms with Crippen LogP contribution in [0.1, 0.15) is 10.4 Å². The monoisotopic (exact) mass is 196 g/mol. The highest BCUT2D eigenvalue weighted by Gasteiger charge is 2.21. The van der Waals surface area contributed by atoms with Gasteiger partial charge in [0.1, 0.15) is 5.56 Å². The number of carbonyl (C=O) groups excluding carboxylic acids is 1. The molecule has 14 heavy (non-hydrogen) atoms. The largest absolute Gasteiger partial charge is 0.367 e. The van der Waals surface area contributed by atoms with Crippen LogP contribution in [0.25, 0.3) is 0 Å². The molecule has 1 aromatic rings. The van der Waals surface area contributed by atoms with Gasteiger partial charge in [-0.25, -0.2) is 0 Å². The molecule has 1 aliphatic heterocycles. The van der Waals surface area contributed by atoms with Gasteiger partial charge in [0.05, 0.1) is 6.20 Å². The average Bonchev–Trinajstić information content (AvgIpc) is 2.65. The van der Waals surface area contributed by atoms with Crippen molar-refractivity contribution in [3.8, 4) is 0 Å². The van der Waals surface area contributed by atoms with Gasteiger partial charge >= 0.3 is 0 Å². The van der Waals surface area contributed by atoms with E-state index < -0.39 is 0 Å². The molecule has 0 aromatic carbocycles. The van der Waals surface area contributed by atoms with Gasteiger partial charge in [-0.2, -0.15) is 0 Å². The lowest BCUT2D eigenvalue weighted by Gasteiger charge is -2.26. The number of nitrogens with zero attached hydrogens (tertiary/aromatic N) is 2. The highest BCUT2D eigenvalue weighted by Crippen LogP contribution is 2.12. The Labute approximate surface area is 81.0 Å². The first-order chi connectivity index (χ1) is 6.79. The number of nitrogens with one attached hydrogen (secondary N) is 1. The molecule has 1 saturated heterocycles. The Bertz CT molecular complexity index is 330. The van der Waals surface area contributed by atoms with Crippen molar-refractivity contribution < 1.29 is 9.32 Å².